The molecule has 0 saturated carbocycles. The number of piperidine rings is 1. The standard InChI is InChI=1S/C23H36N4O5/c1-23(2,3)32-22(30)26-12-11-25-21(29)18-8-7-14-27(16-18)17-20(28)24-13-15-31-19-9-5-4-6-10-19/h4-6,9-10,18H,7-8,11-17H2,1-3H3,(H,24,28)(H,25,29)(H,26,30). The molecular formula is C23H36N4O5. The Bertz CT molecular complexity index is 736. The summed E-state index contributed by atoms with van der Waals surface area (Å²) in [4.78, 5) is 38.3. The van der Waals surface area contributed by atoms with Crippen molar-refractivity contribution >= 4 is 17.9 Å². The fraction of sp³-hybridized carbons (Fsp3) is 0.609. The van der Waals surface area contributed by atoms with Crippen molar-refractivity contribution in [1.82, 2.24) is 20.9 Å². The quantitative estimate of drug-likeness (QED) is 0.469. The Hall–Kier alpha value is -2.81. The lowest BCUT2D eigenvalue weighted by Crippen LogP contribution is -2.47. The SMILES string of the molecule is CC(C)(C)OC(=O)NCCNC(=O)C1CCCN(CC(=O)NCCOc2ccccc2)C1. The largest absolute Gasteiger partial charge is 0.492 e. The van der Waals surface area contributed by atoms with Crippen molar-refractivity contribution in [2.45, 2.75) is 39.2 Å². The normalized spacial score (nSPS) is 16.7. The summed E-state index contributed by atoms with van der Waals surface area (Å²) in [5, 5.41) is 8.32. The van der Waals surface area contributed by atoms with Gasteiger partial charge >= 0.3 is 6.09 Å². The van der Waals surface area contributed by atoms with E-state index < -0.39 is 11.7 Å². The fourth-order valence-electron chi connectivity index (χ4n) is 3.36. The van der Waals surface area contributed by atoms with E-state index in [4.69, 9.17) is 9.47 Å². The van der Waals surface area contributed by atoms with Gasteiger partial charge in [-0.1, -0.05) is 18.2 Å². The summed E-state index contributed by atoms with van der Waals surface area (Å²) in [5.41, 5.74) is -0.555. The average Bonchev–Trinajstić information content (AvgIpc) is 2.74. The number of hydrogen-bond acceptors (Lipinski definition) is 6. The number of carbonyl (C=O) groups excluding carboxylic acids is 3. The van der Waals surface area contributed by atoms with Gasteiger partial charge in [0.25, 0.3) is 0 Å². The summed E-state index contributed by atoms with van der Waals surface area (Å²) in [5.74, 6) is 0.467. The highest BCUT2D eigenvalue weighted by atomic mass is 16.6. The highest BCUT2D eigenvalue weighted by molar-refractivity contribution is 5.80. The Morgan fingerprint density at radius 1 is 1.03 bits per heavy atom. The zero-order valence-corrected chi connectivity index (χ0v) is 19.3. The zero-order chi connectivity index (χ0) is 23.4. The molecule has 0 spiro atoms. The number of carbonyl (C=O) groups is 3. The van der Waals surface area contributed by atoms with Gasteiger partial charge in [-0.2, -0.15) is 0 Å². The van der Waals surface area contributed by atoms with Gasteiger partial charge in [0.15, 0.2) is 0 Å². The third-order valence-electron chi connectivity index (χ3n) is 4.77. The van der Waals surface area contributed by atoms with Gasteiger partial charge in [0.2, 0.25) is 11.8 Å². The second-order valence-corrected chi connectivity index (χ2v) is 8.81. The van der Waals surface area contributed by atoms with Gasteiger partial charge in [-0.3, -0.25) is 14.5 Å². The molecule has 3 amide bonds. The molecule has 2 rings (SSSR count). The first kappa shape index (κ1) is 25.5. The summed E-state index contributed by atoms with van der Waals surface area (Å²) in [6, 6.07) is 9.45. The molecule has 1 aromatic rings. The van der Waals surface area contributed by atoms with Gasteiger partial charge in [0.05, 0.1) is 19.0 Å². The van der Waals surface area contributed by atoms with Crippen LogP contribution in [-0.2, 0) is 14.3 Å². The molecular weight excluding hydrogens is 412 g/mol. The number of hydrogen-bond donors (Lipinski definition) is 3. The van der Waals surface area contributed by atoms with E-state index in [0.717, 1.165) is 25.1 Å². The van der Waals surface area contributed by atoms with Crippen LogP contribution in [0.25, 0.3) is 0 Å². The third kappa shape index (κ3) is 10.5. The molecule has 9 nitrogen and oxygen atoms in total. The zero-order valence-electron chi connectivity index (χ0n) is 19.3. The average molecular weight is 449 g/mol. The Morgan fingerprint density at radius 2 is 1.75 bits per heavy atom. The highest BCUT2D eigenvalue weighted by Gasteiger charge is 2.26. The van der Waals surface area contributed by atoms with Gasteiger partial charge in [0.1, 0.15) is 18.0 Å². The number of ether oxygens (including phenoxy) is 2. The number of rotatable bonds is 10. The summed E-state index contributed by atoms with van der Waals surface area (Å²) in [6.07, 6.45) is 1.14. The lowest BCUT2D eigenvalue weighted by molar-refractivity contribution is -0.128. The van der Waals surface area contributed by atoms with Gasteiger partial charge in [-0.15, -0.1) is 0 Å². The van der Waals surface area contributed by atoms with Crippen molar-refractivity contribution in [2.75, 3.05) is 45.9 Å². The van der Waals surface area contributed by atoms with Crippen LogP contribution in [0, 0.1) is 5.92 Å². The van der Waals surface area contributed by atoms with Crippen molar-refractivity contribution in [3.05, 3.63) is 30.3 Å². The first-order valence-electron chi connectivity index (χ1n) is 11.1. The summed E-state index contributed by atoms with van der Waals surface area (Å²) in [6.45, 7) is 8.42. The maximum absolute atomic E-state index is 12.4. The number of nitrogens with one attached hydrogen (secondary N) is 3. The van der Waals surface area contributed by atoms with Crippen molar-refractivity contribution in [2.24, 2.45) is 5.92 Å². The minimum atomic E-state index is -0.555. The molecule has 1 fully saturated rings. The van der Waals surface area contributed by atoms with Crippen molar-refractivity contribution < 1.29 is 23.9 Å². The number of nitrogens with zero attached hydrogens (tertiary/aromatic N) is 1. The van der Waals surface area contributed by atoms with Crippen LogP contribution in [0.4, 0.5) is 4.79 Å². The van der Waals surface area contributed by atoms with E-state index in [1.165, 1.54) is 0 Å². The van der Waals surface area contributed by atoms with E-state index in [1.807, 2.05) is 35.2 Å². The van der Waals surface area contributed by atoms with E-state index in [1.54, 1.807) is 20.8 Å². The van der Waals surface area contributed by atoms with E-state index in [9.17, 15) is 14.4 Å². The second-order valence-electron chi connectivity index (χ2n) is 8.81. The Morgan fingerprint density at radius 3 is 2.47 bits per heavy atom. The Balaban J connectivity index is 1.59. The van der Waals surface area contributed by atoms with E-state index in [-0.39, 0.29) is 24.3 Å². The molecule has 1 unspecified atom stereocenters. The number of benzene rings is 1. The molecule has 1 heterocycles. The molecule has 1 atom stereocenters. The Kier molecular flexibility index (Phi) is 10.3. The number of para-hydroxylation sites is 1. The van der Waals surface area contributed by atoms with Crippen LogP contribution in [0.2, 0.25) is 0 Å². The first-order valence-corrected chi connectivity index (χ1v) is 11.1. The van der Waals surface area contributed by atoms with Crippen LogP contribution in [0.5, 0.6) is 5.75 Å². The predicted octanol–water partition coefficient (Wildman–Crippen LogP) is 1.53. The first-order chi connectivity index (χ1) is 15.2. The minimum absolute atomic E-state index is 0.0580. The van der Waals surface area contributed by atoms with Gasteiger partial charge in [-0.05, 0) is 52.3 Å². The lowest BCUT2D eigenvalue weighted by Gasteiger charge is -2.31. The van der Waals surface area contributed by atoms with Gasteiger partial charge in [0, 0.05) is 19.6 Å². The van der Waals surface area contributed by atoms with Crippen molar-refractivity contribution in [3.63, 3.8) is 0 Å². The van der Waals surface area contributed by atoms with Gasteiger partial charge < -0.3 is 25.4 Å². The van der Waals surface area contributed by atoms with Crippen molar-refractivity contribution in [1.29, 1.82) is 0 Å². The Labute approximate surface area is 190 Å². The molecule has 1 aliphatic rings. The monoisotopic (exact) mass is 448 g/mol. The van der Waals surface area contributed by atoms with Crippen LogP contribution in [0.15, 0.2) is 30.3 Å². The fourth-order valence-corrected chi connectivity index (χ4v) is 3.36. The molecule has 0 aliphatic carbocycles. The third-order valence-corrected chi connectivity index (χ3v) is 4.77. The highest BCUT2D eigenvalue weighted by Crippen LogP contribution is 2.16. The molecule has 0 radical (unpaired) electrons. The molecule has 178 valence electrons. The molecule has 0 bridgehead atoms. The van der Waals surface area contributed by atoms with Crippen LogP contribution in [0.1, 0.15) is 33.6 Å². The van der Waals surface area contributed by atoms with Gasteiger partial charge in [-0.25, -0.2) is 4.79 Å². The number of alkyl carbamates (subject to hydrolysis) is 1. The van der Waals surface area contributed by atoms with Crippen molar-refractivity contribution in [3.8, 4) is 5.75 Å². The predicted molar refractivity (Wildman–Crippen MR) is 121 cm³/mol. The molecule has 3 N–H and O–H groups in total. The molecule has 1 aliphatic heterocycles. The maximum Gasteiger partial charge on any atom is 0.407 e. The van der Waals surface area contributed by atoms with Crippen LogP contribution < -0.4 is 20.7 Å². The van der Waals surface area contributed by atoms with E-state index in [0.29, 0.717) is 32.8 Å². The maximum atomic E-state index is 12.4. The summed E-state index contributed by atoms with van der Waals surface area (Å²) >= 11 is 0. The number of likely N-dealkylation sites (tertiary alicyclic amines) is 1. The second kappa shape index (κ2) is 12.9. The summed E-state index contributed by atoms with van der Waals surface area (Å²) in [7, 11) is 0. The minimum Gasteiger partial charge on any atom is -0.492 e. The molecule has 0 aromatic heterocycles. The van der Waals surface area contributed by atoms with E-state index in [2.05, 4.69) is 16.0 Å². The molecule has 1 aromatic carbocycles. The molecule has 9 heteroatoms. The van der Waals surface area contributed by atoms with Crippen LogP contribution in [0.3, 0.4) is 0 Å². The molecule has 1 saturated heterocycles. The van der Waals surface area contributed by atoms with Crippen LogP contribution >= 0.6 is 0 Å². The topological polar surface area (TPSA) is 109 Å². The lowest BCUT2D eigenvalue weighted by atomic mass is 9.97. The number of amides is 3. The van der Waals surface area contributed by atoms with E-state index >= 15 is 0 Å². The molecule has 32 heavy (non-hydrogen) atoms. The van der Waals surface area contributed by atoms with Crippen LogP contribution in [-0.4, -0.2) is 74.3 Å². The summed E-state index contributed by atoms with van der Waals surface area (Å²) < 4.78 is 10.7. The smallest absolute Gasteiger partial charge is 0.407 e.